The molecule has 0 aliphatic rings. The van der Waals surface area contributed by atoms with Gasteiger partial charge in [-0.25, -0.2) is 0 Å². The van der Waals surface area contributed by atoms with Crippen molar-refractivity contribution in [1.29, 1.82) is 0 Å². The Hall–Kier alpha value is -0.870. The maximum absolute atomic E-state index is 4.15. The van der Waals surface area contributed by atoms with E-state index in [0.29, 0.717) is 6.04 Å². The second kappa shape index (κ2) is 6.66. The van der Waals surface area contributed by atoms with E-state index in [0.717, 1.165) is 26.1 Å². The van der Waals surface area contributed by atoms with Gasteiger partial charge in [0.05, 0.1) is 6.20 Å². The summed E-state index contributed by atoms with van der Waals surface area (Å²) in [5.41, 5.74) is 1.30. The molecule has 0 aromatic carbocycles. The summed E-state index contributed by atoms with van der Waals surface area (Å²) in [4.78, 5) is 2.34. The standard InChI is InChI=1S/C12H24N4/c1-11(2)15(3)8-7-13-6-5-12-9-14-16(4)10-12/h9-11,13H,5-8H2,1-4H3. The smallest absolute Gasteiger partial charge is 0.0522 e. The molecule has 1 rings (SSSR count). The molecule has 92 valence electrons. The molecule has 0 atom stereocenters. The Morgan fingerprint density at radius 1 is 1.44 bits per heavy atom. The van der Waals surface area contributed by atoms with Gasteiger partial charge in [-0.3, -0.25) is 4.68 Å². The number of nitrogens with zero attached hydrogens (tertiary/aromatic N) is 3. The molecule has 1 aromatic heterocycles. The van der Waals surface area contributed by atoms with Crippen LogP contribution in [0.3, 0.4) is 0 Å². The van der Waals surface area contributed by atoms with Crippen LogP contribution in [0.25, 0.3) is 0 Å². The second-order valence-corrected chi connectivity index (χ2v) is 4.60. The molecule has 1 heterocycles. The van der Waals surface area contributed by atoms with Gasteiger partial charge in [0, 0.05) is 32.4 Å². The summed E-state index contributed by atoms with van der Waals surface area (Å²) in [5.74, 6) is 0. The van der Waals surface area contributed by atoms with Crippen LogP contribution in [0.4, 0.5) is 0 Å². The molecule has 0 amide bonds. The molecule has 0 spiro atoms. The van der Waals surface area contributed by atoms with Crippen LogP contribution in [-0.2, 0) is 13.5 Å². The monoisotopic (exact) mass is 224 g/mol. The first-order valence-electron chi connectivity index (χ1n) is 5.98. The molecule has 0 saturated heterocycles. The van der Waals surface area contributed by atoms with Crippen molar-refractivity contribution in [3.63, 3.8) is 0 Å². The Morgan fingerprint density at radius 3 is 2.75 bits per heavy atom. The molecule has 0 bridgehead atoms. The van der Waals surface area contributed by atoms with Gasteiger partial charge in [0.2, 0.25) is 0 Å². The first-order chi connectivity index (χ1) is 7.59. The minimum atomic E-state index is 0.625. The van der Waals surface area contributed by atoms with Crippen molar-refractivity contribution >= 4 is 0 Å². The number of hydrogen-bond acceptors (Lipinski definition) is 3. The van der Waals surface area contributed by atoms with Crippen LogP contribution in [0, 0.1) is 0 Å². The maximum atomic E-state index is 4.15. The number of rotatable bonds is 7. The van der Waals surface area contributed by atoms with E-state index in [-0.39, 0.29) is 0 Å². The minimum absolute atomic E-state index is 0.625. The molecule has 0 radical (unpaired) electrons. The molecule has 0 saturated carbocycles. The molecule has 0 fully saturated rings. The molecule has 1 aromatic rings. The third kappa shape index (κ3) is 4.77. The zero-order chi connectivity index (χ0) is 12.0. The van der Waals surface area contributed by atoms with Gasteiger partial charge in [0.1, 0.15) is 0 Å². The summed E-state index contributed by atoms with van der Waals surface area (Å²) < 4.78 is 1.85. The number of likely N-dealkylation sites (N-methyl/N-ethyl adjacent to an activating group) is 1. The first-order valence-corrected chi connectivity index (χ1v) is 5.98. The highest BCUT2D eigenvalue weighted by molar-refractivity contribution is 5.03. The lowest BCUT2D eigenvalue weighted by molar-refractivity contribution is 0.274. The zero-order valence-electron chi connectivity index (χ0n) is 10.9. The predicted octanol–water partition coefficient (Wildman–Crippen LogP) is 0.892. The fraction of sp³-hybridized carbons (Fsp3) is 0.750. The van der Waals surface area contributed by atoms with E-state index >= 15 is 0 Å². The van der Waals surface area contributed by atoms with Gasteiger partial charge in [-0.2, -0.15) is 5.10 Å². The van der Waals surface area contributed by atoms with Gasteiger partial charge in [0.15, 0.2) is 0 Å². The van der Waals surface area contributed by atoms with Crippen LogP contribution in [0.5, 0.6) is 0 Å². The van der Waals surface area contributed by atoms with E-state index in [1.807, 2.05) is 17.9 Å². The molecule has 4 nitrogen and oxygen atoms in total. The van der Waals surface area contributed by atoms with E-state index < -0.39 is 0 Å². The highest BCUT2D eigenvalue weighted by Gasteiger charge is 2.01. The molecule has 0 aliphatic heterocycles. The zero-order valence-corrected chi connectivity index (χ0v) is 10.9. The third-order valence-corrected chi connectivity index (χ3v) is 2.87. The molecule has 4 heteroatoms. The lowest BCUT2D eigenvalue weighted by Crippen LogP contribution is -2.34. The Bertz CT molecular complexity index is 293. The number of nitrogens with one attached hydrogen (secondary N) is 1. The Balaban J connectivity index is 2.04. The maximum Gasteiger partial charge on any atom is 0.0522 e. The van der Waals surface area contributed by atoms with Crippen molar-refractivity contribution in [2.75, 3.05) is 26.7 Å². The quantitative estimate of drug-likeness (QED) is 0.698. The molecule has 1 N–H and O–H groups in total. The van der Waals surface area contributed by atoms with Crippen molar-refractivity contribution in [1.82, 2.24) is 20.0 Å². The van der Waals surface area contributed by atoms with Crippen LogP contribution >= 0.6 is 0 Å². The summed E-state index contributed by atoms with van der Waals surface area (Å²) in [5, 5.41) is 7.60. The van der Waals surface area contributed by atoms with E-state index in [1.165, 1.54) is 5.56 Å². The van der Waals surface area contributed by atoms with E-state index in [9.17, 15) is 0 Å². The van der Waals surface area contributed by atoms with Crippen molar-refractivity contribution < 1.29 is 0 Å². The van der Waals surface area contributed by atoms with Crippen molar-refractivity contribution in [3.8, 4) is 0 Å². The topological polar surface area (TPSA) is 33.1 Å². The van der Waals surface area contributed by atoms with E-state index in [4.69, 9.17) is 0 Å². The molecule has 0 unspecified atom stereocenters. The number of aromatic nitrogens is 2. The third-order valence-electron chi connectivity index (χ3n) is 2.87. The number of hydrogen-bond donors (Lipinski definition) is 1. The largest absolute Gasteiger partial charge is 0.315 e. The number of aryl methyl sites for hydroxylation is 1. The summed E-state index contributed by atoms with van der Waals surface area (Å²) in [6.07, 6.45) is 5.06. The normalized spacial score (nSPS) is 11.6. The van der Waals surface area contributed by atoms with Crippen LogP contribution in [0.15, 0.2) is 12.4 Å². The SMILES string of the molecule is CC(C)N(C)CCNCCc1cnn(C)c1. The molecular weight excluding hydrogens is 200 g/mol. The van der Waals surface area contributed by atoms with Gasteiger partial charge in [-0.1, -0.05) is 0 Å². The van der Waals surface area contributed by atoms with E-state index in [2.05, 4.69) is 42.4 Å². The average Bonchev–Trinajstić information content (AvgIpc) is 2.63. The van der Waals surface area contributed by atoms with Gasteiger partial charge in [-0.05, 0) is 39.4 Å². The van der Waals surface area contributed by atoms with Crippen molar-refractivity contribution in [3.05, 3.63) is 18.0 Å². The highest BCUT2D eigenvalue weighted by Crippen LogP contribution is 1.96. The van der Waals surface area contributed by atoms with E-state index in [1.54, 1.807) is 0 Å². The summed E-state index contributed by atoms with van der Waals surface area (Å²) >= 11 is 0. The van der Waals surface area contributed by atoms with Crippen LogP contribution in [-0.4, -0.2) is 47.4 Å². The van der Waals surface area contributed by atoms with Gasteiger partial charge in [-0.15, -0.1) is 0 Å². The Morgan fingerprint density at radius 2 is 2.19 bits per heavy atom. The average molecular weight is 224 g/mol. The predicted molar refractivity (Wildman–Crippen MR) is 67.5 cm³/mol. The lowest BCUT2D eigenvalue weighted by Gasteiger charge is -2.20. The Labute approximate surface area is 98.6 Å². The van der Waals surface area contributed by atoms with Crippen LogP contribution < -0.4 is 5.32 Å². The summed E-state index contributed by atoms with van der Waals surface area (Å²) in [6.45, 7) is 7.61. The summed E-state index contributed by atoms with van der Waals surface area (Å²) in [6, 6.07) is 0.625. The lowest BCUT2D eigenvalue weighted by atomic mass is 10.2. The molecular formula is C12H24N4. The summed E-state index contributed by atoms with van der Waals surface area (Å²) in [7, 11) is 4.11. The van der Waals surface area contributed by atoms with Crippen molar-refractivity contribution in [2.45, 2.75) is 26.3 Å². The second-order valence-electron chi connectivity index (χ2n) is 4.60. The first kappa shape index (κ1) is 13.2. The van der Waals surface area contributed by atoms with Crippen LogP contribution in [0.2, 0.25) is 0 Å². The fourth-order valence-corrected chi connectivity index (χ4v) is 1.47. The van der Waals surface area contributed by atoms with Gasteiger partial charge < -0.3 is 10.2 Å². The van der Waals surface area contributed by atoms with Crippen LogP contribution in [0.1, 0.15) is 19.4 Å². The van der Waals surface area contributed by atoms with Gasteiger partial charge in [0.25, 0.3) is 0 Å². The Kier molecular flexibility index (Phi) is 5.49. The molecule has 16 heavy (non-hydrogen) atoms. The molecule has 0 aliphatic carbocycles. The minimum Gasteiger partial charge on any atom is -0.315 e. The highest BCUT2D eigenvalue weighted by atomic mass is 15.2. The van der Waals surface area contributed by atoms with Gasteiger partial charge >= 0.3 is 0 Å². The fourth-order valence-electron chi connectivity index (χ4n) is 1.47. The van der Waals surface area contributed by atoms with Crippen molar-refractivity contribution in [2.24, 2.45) is 7.05 Å².